The van der Waals surface area contributed by atoms with E-state index in [1.807, 2.05) is 4.72 Å². The van der Waals surface area contributed by atoms with Crippen LogP contribution >= 0.6 is 0 Å². The number of hydrogen-bond donors (Lipinski definition) is 1. The lowest BCUT2D eigenvalue weighted by Crippen LogP contribution is -2.33. The summed E-state index contributed by atoms with van der Waals surface area (Å²) in [5.41, 5.74) is 0.534. The molecule has 1 N–H and O–H groups in total. The lowest BCUT2D eigenvalue weighted by atomic mass is 10.0. The second-order valence-electron chi connectivity index (χ2n) is 5.75. The molecule has 0 bridgehead atoms. The highest BCUT2D eigenvalue weighted by Gasteiger charge is 2.37. The van der Waals surface area contributed by atoms with E-state index in [4.69, 9.17) is 4.74 Å². The molecule has 1 amide bonds. The molecule has 0 aromatic heterocycles. The van der Waals surface area contributed by atoms with Crippen LogP contribution in [0.5, 0.6) is 5.75 Å². The van der Waals surface area contributed by atoms with E-state index in [1.54, 1.807) is 6.92 Å². The van der Waals surface area contributed by atoms with E-state index in [0.717, 1.165) is 18.4 Å². The number of carbonyl (C=O) groups excluding carboxylic acids is 1. The number of amides is 1. The minimum absolute atomic E-state index is 0.241. The van der Waals surface area contributed by atoms with Gasteiger partial charge in [-0.15, -0.1) is 0 Å². The van der Waals surface area contributed by atoms with Gasteiger partial charge < -0.3 is 4.74 Å². The summed E-state index contributed by atoms with van der Waals surface area (Å²) in [7, 11) is -3.69. The Morgan fingerprint density at radius 1 is 1.32 bits per heavy atom. The topological polar surface area (TPSA) is 72.5 Å². The first-order valence-electron chi connectivity index (χ1n) is 7.44. The number of benzene rings is 1. The monoisotopic (exact) mass is 327 g/mol. The Balaban J connectivity index is 1.89. The highest BCUT2D eigenvalue weighted by atomic mass is 32.2. The fraction of sp³-hybridized carbons (Fsp3) is 0.533. The van der Waals surface area contributed by atoms with Crippen molar-refractivity contribution in [3.8, 4) is 5.75 Å². The lowest BCUT2D eigenvalue weighted by molar-refractivity contribution is 0.0977. The van der Waals surface area contributed by atoms with Crippen molar-refractivity contribution >= 4 is 15.9 Å². The standard InChI is InChI=1S/C15H18FNO4S/c1-2-21-14-8-13(16)12(7-11(14)9-3-4-9)15(18)17-22(19,20)10-5-6-10/h7-10H,2-6H2,1H3,(H,17,18). The first kappa shape index (κ1) is 15.3. The van der Waals surface area contributed by atoms with Gasteiger partial charge in [-0.3, -0.25) is 4.79 Å². The molecule has 2 fully saturated rings. The molecule has 0 atom stereocenters. The highest BCUT2D eigenvalue weighted by molar-refractivity contribution is 7.91. The summed E-state index contributed by atoms with van der Waals surface area (Å²) in [4.78, 5) is 12.1. The maximum atomic E-state index is 14.1. The van der Waals surface area contributed by atoms with Crippen LogP contribution in [0.1, 0.15) is 54.4 Å². The fourth-order valence-corrected chi connectivity index (χ4v) is 3.68. The molecule has 1 aromatic rings. The number of sulfonamides is 1. The van der Waals surface area contributed by atoms with Gasteiger partial charge in [0.15, 0.2) is 0 Å². The average molecular weight is 327 g/mol. The molecule has 5 nitrogen and oxygen atoms in total. The minimum atomic E-state index is -3.69. The summed E-state index contributed by atoms with van der Waals surface area (Å²) in [6.07, 6.45) is 3.02. The van der Waals surface area contributed by atoms with Crippen molar-refractivity contribution in [1.82, 2.24) is 4.72 Å². The Morgan fingerprint density at radius 3 is 2.55 bits per heavy atom. The molecular weight excluding hydrogens is 309 g/mol. The van der Waals surface area contributed by atoms with Crippen molar-refractivity contribution in [3.05, 3.63) is 29.1 Å². The molecule has 22 heavy (non-hydrogen) atoms. The molecule has 120 valence electrons. The normalized spacial score (nSPS) is 18.1. The van der Waals surface area contributed by atoms with E-state index in [-0.39, 0.29) is 11.5 Å². The number of ether oxygens (including phenoxy) is 1. The van der Waals surface area contributed by atoms with E-state index in [2.05, 4.69) is 0 Å². The van der Waals surface area contributed by atoms with E-state index < -0.39 is 27.0 Å². The first-order valence-corrected chi connectivity index (χ1v) is 8.99. The van der Waals surface area contributed by atoms with Gasteiger partial charge in [-0.25, -0.2) is 17.5 Å². The molecule has 2 saturated carbocycles. The van der Waals surface area contributed by atoms with Crippen molar-refractivity contribution in [2.45, 2.75) is 43.8 Å². The molecule has 7 heteroatoms. The molecule has 0 aliphatic heterocycles. The van der Waals surface area contributed by atoms with Crippen LogP contribution in [0.25, 0.3) is 0 Å². The van der Waals surface area contributed by atoms with Gasteiger partial charge in [-0.1, -0.05) is 0 Å². The predicted molar refractivity (Wildman–Crippen MR) is 79.0 cm³/mol. The Morgan fingerprint density at radius 2 is 2.00 bits per heavy atom. The van der Waals surface area contributed by atoms with Crippen LogP contribution < -0.4 is 9.46 Å². The van der Waals surface area contributed by atoms with Crippen LogP contribution in [0, 0.1) is 5.82 Å². The Hall–Kier alpha value is -1.63. The highest BCUT2D eigenvalue weighted by Crippen LogP contribution is 2.45. The molecule has 0 radical (unpaired) electrons. The number of carbonyl (C=O) groups is 1. The molecule has 0 spiro atoms. The van der Waals surface area contributed by atoms with Crippen LogP contribution in [0.15, 0.2) is 12.1 Å². The molecule has 2 aliphatic carbocycles. The van der Waals surface area contributed by atoms with Crippen molar-refractivity contribution < 1.29 is 22.3 Å². The molecule has 0 heterocycles. The molecule has 2 aliphatic rings. The van der Waals surface area contributed by atoms with Gasteiger partial charge in [-0.2, -0.15) is 0 Å². The van der Waals surface area contributed by atoms with Crippen LogP contribution in [-0.4, -0.2) is 26.2 Å². The van der Waals surface area contributed by atoms with Gasteiger partial charge in [0.25, 0.3) is 5.91 Å². The first-order chi connectivity index (χ1) is 10.4. The van der Waals surface area contributed by atoms with Gasteiger partial charge >= 0.3 is 0 Å². The molecular formula is C15H18FNO4S. The van der Waals surface area contributed by atoms with Crippen molar-refractivity contribution in [2.24, 2.45) is 0 Å². The zero-order chi connectivity index (χ0) is 15.9. The van der Waals surface area contributed by atoms with Gasteiger partial charge in [0.2, 0.25) is 10.0 Å². The van der Waals surface area contributed by atoms with E-state index in [1.165, 1.54) is 12.1 Å². The zero-order valence-electron chi connectivity index (χ0n) is 12.3. The quantitative estimate of drug-likeness (QED) is 0.870. The van der Waals surface area contributed by atoms with E-state index in [9.17, 15) is 17.6 Å². The second kappa shape index (κ2) is 5.53. The van der Waals surface area contributed by atoms with Gasteiger partial charge in [-0.05, 0) is 50.2 Å². The summed E-state index contributed by atoms with van der Waals surface area (Å²) >= 11 is 0. The van der Waals surface area contributed by atoms with Gasteiger partial charge in [0.05, 0.1) is 17.4 Å². The van der Waals surface area contributed by atoms with Crippen LogP contribution in [0.3, 0.4) is 0 Å². The lowest BCUT2D eigenvalue weighted by Gasteiger charge is -2.13. The third-order valence-electron chi connectivity index (χ3n) is 3.86. The average Bonchev–Trinajstić information content (AvgIpc) is 3.28. The maximum Gasteiger partial charge on any atom is 0.267 e. The van der Waals surface area contributed by atoms with Crippen molar-refractivity contribution in [2.75, 3.05) is 6.61 Å². The Labute approximate surface area is 128 Å². The zero-order valence-corrected chi connectivity index (χ0v) is 13.1. The number of rotatable bonds is 6. The van der Waals surface area contributed by atoms with Crippen LogP contribution in [0.2, 0.25) is 0 Å². The SMILES string of the molecule is CCOc1cc(F)c(C(=O)NS(=O)(=O)C2CC2)cc1C1CC1. The number of halogens is 1. The van der Waals surface area contributed by atoms with E-state index >= 15 is 0 Å². The molecule has 3 rings (SSSR count). The summed E-state index contributed by atoms with van der Waals surface area (Å²) in [6.45, 7) is 2.21. The predicted octanol–water partition coefficient (Wildman–Crippen LogP) is 2.32. The smallest absolute Gasteiger partial charge is 0.267 e. The van der Waals surface area contributed by atoms with Crippen molar-refractivity contribution in [3.63, 3.8) is 0 Å². The number of hydrogen-bond acceptors (Lipinski definition) is 4. The van der Waals surface area contributed by atoms with Gasteiger partial charge in [0.1, 0.15) is 11.6 Å². The summed E-state index contributed by atoms with van der Waals surface area (Å²) in [5, 5.41) is -0.523. The largest absolute Gasteiger partial charge is 0.493 e. The molecule has 0 unspecified atom stereocenters. The third kappa shape index (κ3) is 3.09. The second-order valence-corrected chi connectivity index (χ2v) is 7.71. The summed E-state index contributed by atoms with van der Waals surface area (Å²) in [5.74, 6) is -0.983. The molecule has 1 aromatic carbocycles. The van der Waals surface area contributed by atoms with Crippen LogP contribution in [-0.2, 0) is 10.0 Å². The summed E-state index contributed by atoms with van der Waals surface area (Å²) < 4.78 is 45.1. The molecule has 0 saturated heterocycles. The fourth-order valence-electron chi connectivity index (χ4n) is 2.39. The minimum Gasteiger partial charge on any atom is -0.493 e. The van der Waals surface area contributed by atoms with Gasteiger partial charge in [0, 0.05) is 6.07 Å². The van der Waals surface area contributed by atoms with Crippen LogP contribution in [0.4, 0.5) is 4.39 Å². The summed E-state index contributed by atoms with van der Waals surface area (Å²) in [6, 6.07) is 2.60. The van der Waals surface area contributed by atoms with E-state index in [0.29, 0.717) is 25.2 Å². The Kier molecular flexibility index (Phi) is 3.84. The number of nitrogens with one attached hydrogen (secondary N) is 1. The Bertz CT molecular complexity index is 708. The van der Waals surface area contributed by atoms with Crippen molar-refractivity contribution in [1.29, 1.82) is 0 Å². The third-order valence-corrected chi connectivity index (χ3v) is 5.68. The maximum absolute atomic E-state index is 14.1.